The van der Waals surface area contributed by atoms with Gasteiger partial charge in [0.05, 0.1) is 23.0 Å². The fraction of sp³-hybridized carbons (Fsp3) is 0.333. The van der Waals surface area contributed by atoms with Crippen LogP contribution in [0.5, 0.6) is 0 Å². The molecule has 0 saturated heterocycles. The van der Waals surface area contributed by atoms with E-state index in [1.807, 2.05) is 44.2 Å². The third kappa shape index (κ3) is 3.10. The zero-order valence-corrected chi connectivity index (χ0v) is 18.6. The monoisotopic (exact) mass is 422 g/mol. The predicted octanol–water partition coefficient (Wildman–Crippen LogP) is 5.71. The van der Waals surface area contributed by atoms with E-state index >= 15 is 0 Å². The molecule has 3 atom stereocenters. The summed E-state index contributed by atoms with van der Waals surface area (Å²) in [6.07, 6.45) is 4.08. The molecule has 0 aliphatic heterocycles. The number of hydrogen-bond donors (Lipinski definition) is 1. The smallest absolute Gasteiger partial charge is 0.160 e. The van der Waals surface area contributed by atoms with E-state index in [1.165, 1.54) is 0 Å². The van der Waals surface area contributed by atoms with E-state index in [4.69, 9.17) is 9.97 Å². The highest BCUT2D eigenvalue weighted by Crippen LogP contribution is 2.54. The number of nitriles is 1. The molecule has 2 aliphatic rings. The Labute approximate surface area is 188 Å². The maximum absolute atomic E-state index is 10.7. The summed E-state index contributed by atoms with van der Waals surface area (Å²) in [4.78, 5) is 14.5. The molecule has 0 bridgehead atoms. The molecule has 32 heavy (non-hydrogen) atoms. The first-order chi connectivity index (χ1) is 15.4. The summed E-state index contributed by atoms with van der Waals surface area (Å²) < 4.78 is 0. The number of hydrogen-bond acceptors (Lipinski definition) is 5. The quantitative estimate of drug-likeness (QED) is 0.572. The Morgan fingerprint density at radius 1 is 1.12 bits per heavy atom. The molecule has 2 aliphatic carbocycles. The minimum Gasteiger partial charge on any atom is -0.511 e. The second kappa shape index (κ2) is 7.56. The first-order valence-corrected chi connectivity index (χ1v) is 11.1. The number of benzene rings is 1. The average Bonchev–Trinajstić information content (AvgIpc) is 2.81. The van der Waals surface area contributed by atoms with Gasteiger partial charge < -0.3 is 5.11 Å². The number of fused-ring (bicyclic) bond motifs is 3. The van der Waals surface area contributed by atoms with Gasteiger partial charge in [-0.3, -0.25) is 4.98 Å². The summed E-state index contributed by atoms with van der Waals surface area (Å²) in [5, 5.41) is 20.4. The molecule has 5 rings (SSSR count). The molecule has 5 heteroatoms. The Hall–Kier alpha value is -3.52. The lowest BCUT2D eigenvalue weighted by Gasteiger charge is -2.48. The van der Waals surface area contributed by atoms with E-state index in [9.17, 15) is 10.4 Å². The highest BCUT2D eigenvalue weighted by atomic mass is 16.3. The van der Waals surface area contributed by atoms with Gasteiger partial charge in [0.1, 0.15) is 5.76 Å². The predicted molar refractivity (Wildman–Crippen MR) is 124 cm³/mol. The summed E-state index contributed by atoms with van der Waals surface area (Å²) in [5.74, 6) is 1.08. The van der Waals surface area contributed by atoms with Gasteiger partial charge in [-0.15, -0.1) is 0 Å². The molecule has 0 unspecified atom stereocenters. The van der Waals surface area contributed by atoms with Crippen LogP contribution in [0.25, 0.3) is 22.6 Å². The summed E-state index contributed by atoms with van der Waals surface area (Å²) in [6.45, 7) is 6.21. The van der Waals surface area contributed by atoms with Crippen molar-refractivity contribution in [3.63, 3.8) is 0 Å². The molecule has 2 heterocycles. The number of aryl methyl sites for hydroxylation is 1. The number of rotatable bonds is 2. The Morgan fingerprint density at radius 3 is 2.62 bits per heavy atom. The molecule has 1 aromatic carbocycles. The third-order valence-corrected chi connectivity index (χ3v) is 7.30. The average molecular weight is 423 g/mol. The van der Waals surface area contributed by atoms with Crippen LogP contribution in [0, 0.1) is 30.1 Å². The maximum atomic E-state index is 10.7. The van der Waals surface area contributed by atoms with Crippen LogP contribution in [0.3, 0.4) is 0 Å². The Bertz CT molecular complexity index is 1270. The molecule has 1 N–H and O–H groups in total. The lowest BCUT2D eigenvalue weighted by molar-refractivity contribution is 0.136. The molecule has 0 amide bonds. The van der Waals surface area contributed by atoms with Crippen molar-refractivity contribution in [2.24, 2.45) is 11.8 Å². The second-order valence-electron chi connectivity index (χ2n) is 9.28. The Kier molecular flexibility index (Phi) is 4.82. The van der Waals surface area contributed by atoms with Crippen molar-refractivity contribution in [1.82, 2.24) is 15.0 Å². The number of nitrogens with zero attached hydrogens (tertiary/aromatic N) is 4. The third-order valence-electron chi connectivity index (χ3n) is 7.30. The molecule has 3 aromatic rings. The largest absolute Gasteiger partial charge is 0.511 e. The molecular weight excluding hydrogens is 396 g/mol. The van der Waals surface area contributed by atoms with Crippen LogP contribution in [0.2, 0.25) is 0 Å². The van der Waals surface area contributed by atoms with Crippen molar-refractivity contribution < 1.29 is 5.11 Å². The van der Waals surface area contributed by atoms with Gasteiger partial charge in [-0.05, 0) is 44.2 Å². The van der Waals surface area contributed by atoms with E-state index < -0.39 is 0 Å². The van der Waals surface area contributed by atoms with Crippen LogP contribution in [-0.2, 0) is 11.8 Å². The first-order valence-electron chi connectivity index (χ1n) is 11.1. The van der Waals surface area contributed by atoms with Crippen molar-refractivity contribution in [3.8, 4) is 28.7 Å². The minimum atomic E-state index is -0.340. The molecule has 0 radical (unpaired) electrons. The fourth-order valence-corrected chi connectivity index (χ4v) is 5.67. The molecule has 2 aromatic heterocycles. The van der Waals surface area contributed by atoms with Gasteiger partial charge in [-0.25, -0.2) is 9.97 Å². The lowest BCUT2D eigenvalue weighted by Crippen LogP contribution is -2.45. The summed E-state index contributed by atoms with van der Waals surface area (Å²) in [6, 6.07) is 16.5. The normalized spacial score (nSPS) is 24.4. The van der Waals surface area contributed by atoms with Gasteiger partial charge in [0.15, 0.2) is 5.82 Å². The van der Waals surface area contributed by atoms with Crippen molar-refractivity contribution >= 4 is 0 Å². The maximum Gasteiger partial charge on any atom is 0.160 e. The van der Waals surface area contributed by atoms with E-state index in [0.717, 1.165) is 46.6 Å². The Balaban J connectivity index is 1.78. The van der Waals surface area contributed by atoms with Crippen LogP contribution in [0.1, 0.15) is 43.6 Å². The zero-order chi connectivity index (χ0) is 22.5. The van der Waals surface area contributed by atoms with Crippen molar-refractivity contribution in [3.05, 3.63) is 76.9 Å². The SMILES string of the molecule is Cc1cc(-c2nc(-c3ccccc3)c3c(n2)[C@]2(C)CC(C#N)=C(O)[C@H](C)[C@H]2CC3)ccn1. The van der Waals surface area contributed by atoms with Crippen LogP contribution >= 0.6 is 0 Å². The first kappa shape index (κ1) is 20.4. The van der Waals surface area contributed by atoms with E-state index in [-0.39, 0.29) is 23.0 Å². The van der Waals surface area contributed by atoms with Gasteiger partial charge >= 0.3 is 0 Å². The number of pyridine rings is 1. The fourth-order valence-electron chi connectivity index (χ4n) is 5.67. The summed E-state index contributed by atoms with van der Waals surface area (Å²) >= 11 is 0. The Morgan fingerprint density at radius 2 is 1.91 bits per heavy atom. The van der Waals surface area contributed by atoms with Gasteiger partial charge in [0.2, 0.25) is 0 Å². The molecule has 160 valence electrons. The standard InChI is InChI=1S/C27H26N4O/c1-16-13-19(11-12-29-16)26-30-23(18-7-5-4-6-8-18)21-9-10-22-17(2)24(32)20(15-28)14-27(22,3)25(21)31-26/h4-8,11-13,17,22,32H,9-10,14H2,1-3H3/t17-,22-,27-/m1/s1. The van der Waals surface area contributed by atoms with E-state index in [0.29, 0.717) is 17.8 Å². The number of aliphatic hydroxyl groups is 1. The second-order valence-corrected chi connectivity index (χ2v) is 9.28. The van der Waals surface area contributed by atoms with Gasteiger partial charge in [-0.1, -0.05) is 44.2 Å². The van der Waals surface area contributed by atoms with E-state index in [1.54, 1.807) is 6.20 Å². The highest BCUT2D eigenvalue weighted by molar-refractivity contribution is 5.69. The molecule has 5 nitrogen and oxygen atoms in total. The molecule has 0 spiro atoms. The molecular formula is C27H26N4O. The molecule has 0 saturated carbocycles. The van der Waals surface area contributed by atoms with Crippen LogP contribution < -0.4 is 0 Å². The topological polar surface area (TPSA) is 82.7 Å². The molecule has 0 fully saturated rings. The van der Waals surface area contributed by atoms with Crippen molar-refractivity contribution in [2.45, 2.75) is 45.4 Å². The number of aliphatic hydroxyl groups excluding tert-OH is 1. The lowest BCUT2D eigenvalue weighted by atomic mass is 9.56. The zero-order valence-electron chi connectivity index (χ0n) is 18.6. The van der Waals surface area contributed by atoms with Crippen LogP contribution in [0.15, 0.2) is 60.0 Å². The minimum absolute atomic E-state index is 0.0710. The number of aromatic nitrogens is 3. The summed E-state index contributed by atoms with van der Waals surface area (Å²) in [5.41, 5.74) is 6.20. The van der Waals surface area contributed by atoms with E-state index in [2.05, 4.69) is 30.1 Å². The van der Waals surface area contributed by atoms with Crippen LogP contribution in [-0.4, -0.2) is 20.1 Å². The van der Waals surface area contributed by atoms with Crippen molar-refractivity contribution in [1.29, 1.82) is 5.26 Å². The highest BCUT2D eigenvalue weighted by Gasteiger charge is 2.50. The van der Waals surface area contributed by atoms with Gasteiger partial charge in [0.25, 0.3) is 0 Å². The van der Waals surface area contributed by atoms with Gasteiger partial charge in [0, 0.05) is 39.9 Å². The van der Waals surface area contributed by atoms with Gasteiger partial charge in [-0.2, -0.15) is 5.26 Å². The van der Waals surface area contributed by atoms with Crippen LogP contribution in [0.4, 0.5) is 0 Å². The number of allylic oxidation sites excluding steroid dienone is 2. The van der Waals surface area contributed by atoms with Crippen molar-refractivity contribution in [2.75, 3.05) is 0 Å². The summed E-state index contributed by atoms with van der Waals surface area (Å²) in [7, 11) is 0.